The summed E-state index contributed by atoms with van der Waals surface area (Å²) in [5, 5.41) is 14.6. The number of aromatic nitrogens is 3. The summed E-state index contributed by atoms with van der Waals surface area (Å²) in [7, 11) is 0. The Morgan fingerprint density at radius 3 is 2.77 bits per heavy atom. The largest absolute Gasteiger partial charge is 0.382 e. The van der Waals surface area contributed by atoms with E-state index in [1.807, 2.05) is 19.9 Å². The molecule has 0 amide bonds. The number of nitrogens with zero attached hydrogens (tertiary/aromatic N) is 2. The second-order valence-corrected chi connectivity index (χ2v) is 13.4. The summed E-state index contributed by atoms with van der Waals surface area (Å²) in [4.78, 5) is 25.6. The number of hydrogen-bond acceptors (Lipinski definition) is 7. The molecule has 4 heterocycles. The monoisotopic (exact) mass is 541 g/mol. The van der Waals surface area contributed by atoms with Gasteiger partial charge in [0.1, 0.15) is 17.5 Å². The van der Waals surface area contributed by atoms with E-state index in [9.17, 15) is 9.90 Å². The molecule has 1 saturated heterocycles. The number of rotatable bonds is 3. The summed E-state index contributed by atoms with van der Waals surface area (Å²) in [5.74, 6) is -1.08. The molecule has 7 atom stereocenters. The van der Waals surface area contributed by atoms with Crippen LogP contribution in [0.5, 0.6) is 0 Å². The van der Waals surface area contributed by atoms with Crippen molar-refractivity contribution in [3.63, 3.8) is 0 Å². The van der Waals surface area contributed by atoms with E-state index in [4.69, 9.17) is 14.2 Å². The van der Waals surface area contributed by atoms with E-state index in [1.165, 1.54) is 23.0 Å². The van der Waals surface area contributed by atoms with E-state index < -0.39 is 40.0 Å². The average molecular weight is 542 g/mol. The number of para-hydroxylation sites is 1. The smallest absolute Gasteiger partial charge is 0.195 e. The zero-order valence-corrected chi connectivity index (χ0v) is 23.4. The molecule has 5 aliphatic rings. The molecule has 2 N–H and O–H groups in total. The van der Waals surface area contributed by atoms with Gasteiger partial charge in [-0.1, -0.05) is 32.0 Å². The Balaban J connectivity index is 1.31. The number of aromatic amines is 1. The number of ketones is 1. The normalized spacial score (nSPS) is 40.8. The summed E-state index contributed by atoms with van der Waals surface area (Å²) in [5.41, 5.74) is 1.48. The maximum Gasteiger partial charge on any atom is 0.195 e. The van der Waals surface area contributed by atoms with Crippen LogP contribution in [0.1, 0.15) is 63.9 Å². The van der Waals surface area contributed by atoms with Gasteiger partial charge in [0.2, 0.25) is 0 Å². The van der Waals surface area contributed by atoms with Gasteiger partial charge in [-0.3, -0.25) is 4.79 Å². The summed E-state index contributed by atoms with van der Waals surface area (Å²) in [6.45, 7) is 8.51. The topological polar surface area (TPSA) is 107 Å². The number of fused-ring (bicyclic) bond motifs is 9. The molecule has 1 aromatic carbocycles. The summed E-state index contributed by atoms with van der Waals surface area (Å²) < 4.78 is 19.7. The molecule has 208 valence electrons. The van der Waals surface area contributed by atoms with E-state index in [2.05, 4.69) is 53.1 Å². The molecule has 2 saturated carbocycles. The fourth-order valence-electron chi connectivity index (χ4n) is 9.18. The molecule has 2 unspecified atom stereocenters. The molecule has 8 heteroatoms. The molecule has 3 fully saturated rings. The first kappa shape index (κ1) is 24.9. The van der Waals surface area contributed by atoms with Crippen molar-refractivity contribution < 1.29 is 24.1 Å². The van der Waals surface area contributed by atoms with Gasteiger partial charge in [-0.2, -0.15) is 0 Å². The first-order chi connectivity index (χ1) is 19.0. The van der Waals surface area contributed by atoms with Crippen LogP contribution >= 0.6 is 0 Å². The molecule has 1 spiro atoms. The van der Waals surface area contributed by atoms with Crippen LogP contribution < -0.4 is 0 Å². The third-order valence-electron chi connectivity index (χ3n) is 11.3. The van der Waals surface area contributed by atoms with Crippen LogP contribution in [0.15, 0.2) is 54.5 Å². The van der Waals surface area contributed by atoms with Crippen LogP contribution in [0.3, 0.4) is 0 Å². The third-order valence-corrected chi connectivity index (χ3v) is 11.3. The van der Waals surface area contributed by atoms with Gasteiger partial charge in [0.15, 0.2) is 17.7 Å². The Labute approximate surface area is 233 Å². The highest BCUT2D eigenvalue weighted by atomic mass is 16.8. The van der Waals surface area contributed by atoms with Gasteiger partial charge in [-0.25, -0.2) is 9.97 Å². The first-order valence-corrected chi connectivity index (χ1v) is 14.4. The number of benzene rings is 1. The lowest BCUT2D eigenvalue weighted by Crippen LogP contribution is -2.74. The maximum atomic E-state index is 13.5. The molecule has 2 bridgehead atoms. The SMILES string of the molecule is CC1(C)O[C@@]23CCC4(C)[C@@]5(C)c6[nH]c7ccccc7c6C[C@@H]5C[C@H](OCc5ccncn5)[C@@]4(O)C2=CC(=O)C1O3. The molecule has 8 nitrogen and oxygen atoms in total. The molecule has 3 aromatic rings. The van der Waals surface area contributed by atoms with Gasteiger partial charge in [-0.15, -0.1) is 0 Å². The zero-order valence-electron chi connectivity index (χ0n) is 23.4. The second kappa shape index (κ2) is 7.68. The number of carbonyl (C=O) groups excluding carboxylic acids is 1. The Kier molecular flexibility index (Phi) is 4.77. The van der Waals surface area contributed by atoms with E-state index in [0.29, 0.717) is 24.8 Å². The molecule has 3 aliphatic carbocycles. The van der Waals surface area contributed by atoms with Gasteiger partial charge in [0.05, 0.1) is 18.4 Å². The molecular formula is C32H35N3O5. The Morgan fingerprint density at radius 2 is 1.98 bits per heavy atom. The summed E-state index contributed by atoms with van der Waals surface area (Å²) in [6.07, 6.45) is 6.27. The van der Waals surface area contributed by atoms with Crippen LogP contribution in [-0.4, -0.2) is 55.0 Å². The fraction of sp³-hybridized carbons (Fsp3) is 0.531. The Morgan fingerprint density at radius 1 is 1.15 bits per heavy atom. The van der Waals surface area contributed by atoms with Crippen LogP contribution in [0.4, 0.5) is 0 Å². The number of ether oxygens (including phenoxy) is 3. The van der Waals surface area contributed by atoms with Gasteiger partial charge < -0.3 is 24.3 Å². The molecule has 2 aromatic heterocycles. The lowest BCUT2D eigenvalue weighted by Gasteiger charge is -2.67. The van der Waals surface area contributed by atoms with E-state index in [0.717, 1.165) is 17.6 Å². The minimum atomic E-state index is -1.52. The number of H-pyrrole nitrogens is 1. The van der Waals surface area contributed by atoms with Gasteiger partial charge in [-0.05, 0) is 62.8 Å². The van der Waals surface area contributed by atoms with Crippen LogP contribution in [0.2, 0.25) is 0 Å². The standard InChI is InChI=1S/C32H35N3O5/c1-28(2)27-23(36)15-24-31(39-27,40-28)11-10-29(3)30(4)18(13-21-20-7-5-6-8-22(20)35-26(21)30)14-25(32(24,29)37)38-16-19-9-12-33-17-34-19/h5-9,12,15,17-18,25,27,35,37H,10-11,13-14,16H2,1-4H3/t18-,25+,27?,29?,30-,31+,32+/m1/s1. The third kappa shape index (κ3) is 2.78. The zero-order chi connectivity index (χ0) is 27.7. The molecule has 0 radical (unpaired) electrons. The fourth-order valence-corrected chi connectivity index (χ4v) is 9.18. The predicted octanol–water partition coefficient (Wildman–Crippen LogP) is 4.31. The minimum Gasteiger partial charge on any atom is -0.382 e. The quantitative estimate of drug-likeness (QED) is 0.509. The van der Waals surface area contributed by atoms with Gasteiger partial charge in [0, 0.05) is 45.6 Å². The average Bonchev–Trinajstić information content (AvgIpc) is 3.52. The van der Waals surface area contributed by atoms with Crippen molar-refractivity contribution in [2.45, 2.75) is 94.6 Å². The van der Waals surface area contributed by atoms with E-state index >= 15 is 0 Å². The van der Waals surface area contributed by atoms with Gasteiger partial charge in [0.25, 0.3) is 0 Å². The molecule has 2 aliphatic heterocycles. The maximum absolute atomic E-state index is 13.5. The van der Waals surface area contributed by atoms with E-state index in [-0.39, 0.29) is 18.3 Å². The number of nitrogens with one attached hydrogen (secondary N) is 1. The lowest BCUT2D eigenvalue weighted by molar-refractivity contribution is -0.282. The van der Waals surface area contributed by atoms with Crippen LogP contribution in [0.25, 0.3) is 10.9 Å². The molecular weight excluding hydrogens is 506 g/mol. The number of carbonyl (C=O) groups is 1. The van der Waals surface area contributed by atoms with Gasteiger partial charge >= 0.3 is 0 Å². The highest BCUT2D eigenvalue weighted by Crippen LogP contribution is 2.72. The van der Waals surface area contributed by atoms with Crippen molar-refractivity contribution in [2.24, 2.45) is 11.3 Å². The van der Waals surface area contributed by atoms with Crippen molar-refractivity contribution in [1.82, 2.24) is 15.0 Å². The second-order valence-electron chi connectivity index (χ2n) is 13.4. The highest BCUT2D eigenvalue weighted by Gasteiger charge is 2.78. The first-order valence-electron chi connectivity index (χ1n) is 14.4. The predicted molar refractivity (Wildman–Crippen MR) is 146 cm³/mol. The van der Waals surface area contributed by atoms with Crippen molar-refractivity contribution >= 4 is 16.7 Å². The lowest BCUT2D eigenvalue weighted by atomic mass is 9.41. The molecule has 40 heavy (non-hydrogen) atoms. The van der Waals surface area contributed by atoms with Crippen molar-refractivity contribution in [1.29, 1.82) is 0 Å². The number of hydrogen-bond donors (Lipinski definition) is 2. The van der Waals surface area contributed by atoms with E-state index in [1.54, 1.807) is 12.3 Å². The summed E-state index contributed by atoms with van der Waals surface area (Å²) in [6, 6.07) is 10.3. The van der Waals surface area contributed by atoms with Crippen molar-refractivity contribution in [3.8, 4) is 0 Å². The van der Waals surface area contributed by atoms with Crippen LogP contribution in [-0.2, 0) is 37.4 Å². The number of aliphatic hydroxyl groups is 1. The Hall–Kier alpha value is -2.91. The molecule has 8 rings (SSSR count). The summed E-state index contributed by atoms with van der Waals surface area (Å²) >= 11 is 0. The van der Waals surface area contributed by atoms with Crippen LogP contribution in [0, 0.1) is 11.3 Å². The Bertz CT molecular complexity index is 1600. The minimum absolute atomic E-state index is 0.162. The van der Waals surface area contributed by atoms with Crippen molar-refractivity contribution in [2.75, 3.05) is 0 Å². The van der Waals surface area contributed by atoms with Crippen molar-refractivity contribution in [3.05, 3.63) is 71.5 Å². The highest BCUT2D eigenvalue weighted by molar-refractivity contribution is 5.97.